The van der Waals surface area contributed by atoms with Crippen molar-refractivity contribution in [2.75, 3.05) is 12.4 Å². The first-order valence-corrected chi connectivity index (χ1v) is 7.34. The summed E-state index contributed by atoms with van der Waals surface area (Å²) in [4.78, 5) is 27.2. The van der Waals surface area contributed by atoms with E-state index in [1.807, 2.05) is 0 Å². The smallest absolute Gasteiger partial charge is 0.230 e. The van der Waals surface area contributed by atoms with E-state index in [-0.39, 0.29) is 18.1 Å². The number of nitrogens with zero attached hydrogens (tertiary/aromatic N) is 1. The Morgan fingerprint density at radius 2 is 2.19 bits per heavy atom. The molecule has 21 heavy (non-hydrogen) atoms. The Bertz CT molecular complexity index is 685. The lowest BCUT2D eigenvalue weighted by molar-refractivity contribution is -0.115. The number of halogens is 1. The molecule has 0 atom stereocenters. The largest absolute Gasteiger partial charge is 0.496 e. The van der Waals surface area contributed by atoms with Crippen molar-refractivity contribution in [1.82, 2.24) is 4.98 Å². The van der Waals surface area contributed by atoms with Crippen LogP contribution in [-0.2, 0) is 11.2 Å². The van der Waals surface area contributed by atoms with Crippen molar-refractivity contribution in [3.05, 3.63) is 39.9 Å². The fourth-order valence-electron chi connectivity index (χ4n) is 1.72. The zero-order valence-electron chi connectivity index (χ0n) is 11.5. The summed E-state index contributed by atoms with van der Waals surface area (Å²) in [6.45, 7) is 1.43. The van der Waals surface area contributed by atoms with Gasteiger partial charge in [0.15, 0.2) is 10.9 Å². The van der Waals surface area contributed by atoms with Gasteiger partial charge in [-0.3, -0.25) is 9.59 Å². The molecule has 0 bridgehead atoms. The highest BCUT2D eigenvalue weighted by Crippen LogP contribution is 2.27. The van der Waals surface area contributed by atoms with Crippen molar-refractivity contribution in [2.24, 2.45) is 0 Å². The molecule has 7 heteroatoms. The molecular weight excluding hydrogens is 312 g/mol. The number of nitrogens with one attached hydrogen (secondary N) is 1. The molecule has 2 aromatic rings. The molecule has 0 unspecified atom stereocenters. The topological polar surface area (TPSA) is 68.3 Å². The van der Waals surface area contributed by atoms with Crippen LogP contribution in [0.3, 0.4) is 0 Å². The third-order valence-corrected chi connectivity index (χ3v) is 3.86. The lowest BCUT2D eigenvalue weighted by Crippen LogP contribution is -2.15. The number of carbonyl (C=O) groups excluding carboxylic acids is 2. The fourth-order valence-corrected chi connectivity index (χ4v) is 2.72. The second-order valence-corrected chi connectivity index (χ2v) is 5.50. The number of rotatable bonds is 5. The number of hydrogen-bond acceptors (Lipinski definition) is 5. The van der Waals surface area contributed by atoms with Crippen molar-refractivity contribution in [3.63, 3.8) is 0 Å². The molecule has 1 aromatic carbocycles. The lowest BCUT2D eigenvalue weighted by Gasteiger charge is -2.09. The van der Waals surface area contributed by atoms with Crippen LogP contribution in [0.4, 0.5) is 5.13 Å². The van der Waals surface area contributed by atoms with Gasteiger partial charge in [0.05, 0.1) is 13.5 Å². The van der Waals surface area contributed by atoms with E-state index in [1.165, 1.54) is 25.4 Å². The maximum atomic E-state index is 12.0. The zero-order valence-corrected chi connectivity index (χ0v) is 13.0. The van der Waals surface area contributed by atoms with Gasteiger partial charge in [0.1, 0.15) is 11.4 Å². The van der Waals surface area contributed by atoms with Crippen LogP contribution in [0.1, 0.15) is 23.0 Å². The van der Waals surface area contributed by atoms with Crippen molar-refractivity contribution in [2.45, 2.75) is 13.3 Å². The number of aromatic nitrogens is 1. The number of ether oxygens (including phenoxy) is 1. The maximum absolute atomic E-state index is 12.0. The molecule has 1 amide bonds. The number of benzene rings is 1. The monoisotopic (exact) mass is 324 g/mol. The molecule has 1 N–H and O–H groups in total. The number of hydrogen-bond donors (Lipinski definition) is 1. The number of anilines is 1. The Hall–Kier alpha value is -1.92. The average molecular weight is 325 g/mol. The van der Waals surface area contributed by atoms with Crippen LogP contribution in [0, 0.1) is 0 Å². The van der Waals surface area contributed by atoms with Gasteiger partial charge in [-0.1, -0.05) is 17.7 Å². The molecule has 5 nitrogen and oxygen atoms in total. The molecule has 1 aromatic heterocycles. The zero-order chi connectivity index (χ0) is 15.4. The molecule has 0 aliphatic carbocycles. The molecule has 0 aliphatic rings. The Kier molecular flexibility index (Phi) is 4.93. The molecule has 0 fully saturated rings. The third kappa shape index (κ3) is 3.80. The Morgan fingerprint density at radius 3 is 2.81 bits per heavy atom. The van der Waals surface area contributed by atoms with E-state index >= 15 is 0 Å². The minimum Gasteiger partial charge on any atom is -0.496 e. The van der Waals surface area contributed by atoms with Crippen LogP contribution in [-0.4, -0.2) is 23.8 Å². The highest BCUT2D eigenvalue weighted by molar-refractivity contribution is 7.14. The molecule has 0 radical (unpaired) electrons. The first-order valence-electron chi connectivity index (χ1n) is 6.09. The lowest BCUT2D eigenvalue weighted by atomic mass is 10.1. The number of carbonyl (C=O) groups is 2. The number of ketones is 1. The number of Topliss-reactive ketones (excluding diaryl/α,β-unsaturated/α-hetero) is 1. The van der Waals surface area contributed by atoms with Crippen LogP contribution >= 0.6 is 22.9 Å². The summed E-state index contributed by atoms with van der Waals surface area (Å²) in [7, 11) is 1.52. The summed E-state index contributed by atoms with van der Waals surface area (Å²) in [5.41, 5.74) is 0.952. The van der Waals surface area contributed by atoms with E-state index in [1.54, 1.807) is 23.6 Å². The van der Waals surface area contributed by atoms with Gasteiger partial charge in [-0.25, -0.2) is 4.98 Å². The normalized spacial score (nSPS) is 10.2. The molecular formula is C14H13ClN2O3S. The Labute approximate surface area is 130 Å². The van der Waals surface area contributed by atoms with Crippen LogP contribution in [0.2, 0.25) is 5.02 Å². The highest BCUT2D eigenvalue weighted by Gasteiger charge is 2.14. The minimum atomic E-state index is -0.272. The third-order valence-electron chi connectivity index (χ3n) is 2.74. The van der Waals surface area contributed by atoms with Gasteiger partial charge >= 0.3 is 0 Å². The first kappa shape index (κ1) is 15.5. The summed E-state index contributed by atoms with van der Waals surface area (Å²) in [5, 5.41) is 5.10. The summed E-state index contributed by atoms with van der Waals surface area (Å²) in [6.07, 6.45) is 0.0673. The van der Waals surface area contributed by atoms with Crippen LogP contribution < -0.4 is 10.1 Å². The van der Waals surface area contributed by atoms with Crippen molar-refractivity contribution >= 4 is 39.8 Å². The first-order chi connectivity index (χ1) is 10.0. The Balaban J connectivity index is 2.09. The van der Waals surface area contributed by atoms with Gasteiger partial charge in [-0.15, -0.1) is 11.3 Å². The predicted octanol–water partition coefficient (Wildman–Crippen LogP) is 3.19. The van der Waals surface area contributed by atoms with E-state index < -0.39 is 0 Å². The van der Waals surface area contributed by atoms with Gasteiger partial charge in [0, 0.05) is 22.9 Å². The fraction of sp³-hybridized carbons (Fsp3) is 0.214. The van der Waals surface area contributed by atoms with Gasteiger partial charge in [-0.05, 0) is 12.1 Å². The molecule has 1 heterocycles. The van der Waals surface area contributed by atoms with Gasteiger partial charge < -0.3 is 10.1 Å². The van der Waals surface area contributed by atoms with E-state index in [4.69, 9.17) is 16.3 Å². The SMILES string of the molecule is COc1cccc(Cl)c1CC(=O)Nc1nc(C(C)=O)cs1. The predicted molar refractivity (Wildman–Crippen MR) is 82.5 cm³/mol. The number of amides is 1. The highest BCUT2D eigenvalue weighted by atomic mass is 35.5. The molecule has 110 valence electrons. The van der Waals surface area contributed by atoms with Crippen LogP contribution in [0.15, 0.2) is 23.6 Å². The van der Waals surface area contributed by atoms with Gasteiger partial charge in [0.2, 0.25) is 5.91 Å². The molecule has 0 aliphatic heterocycles. The van der Waals surface area contributed by atoms with E-state index in [9.17, 15) is 9.59 Å². The summed E-state index contributed by atoms with van der Waals surface area (Å²) in [5.74, 6) is 0.145. The quantitative estimate of drug-likeness (QED) is 0.858. The second-order valence-electron chi connectivity index (χ2n) is 4.24. The minimum absolute atomic E-state index is 0.0673. The van der Waals surface area contributed by atoms with Crippen molar-refractivity contribution in [3.8, 4) is 5.75 Å². The average Bonchev–Trinajstić information content (AvgIpc) is 2.89. The van der Waals surface area contributed by atoms with Crippen LogP contribution in [0.25, 0.3) is 0 Å². The molecule has 0 spiro atoms. The molecule has 0 saturated carbocycles. The summed E-state index contributed by atoms with van der Waals surface area (Å²) in [6, 6.07) is 5.19. The van der Waals surface area contributed by atoms with Gasteiger partial charge in [0.25, 0.3) is 0 Å². The standard InChI is InChI=1S/C14H13ClN2O3S/c1-8(18)11-7-21-14(16-11)17-13(19)6-9-10(15)4-3-5-12(9)20-2/h3-5,7H,6H2,1-2H3,(H,16,17,19). The van der Waals surface area contributed by atoms with Crippen LogP contribution in [0.5, 0.6) is 5.75 Å². The summed E-state index contributed by atoms with van der Waals surface area (Å²) < 4.78 is 5.19. The second kappa shape index (κ2) is 6.69. The van der Waals surface area contributed by atoms with E-state index in [0.29, 0.717) is 27.2 Å². The molecule has 2 rings (SSSR count). The van der Waals surface area contributed by atoms with E-state index in [0.717, 1.165) is 0 Å². The van der Waals surface area contributed by atoms with Gasteiger partial charge in [-0.2, -0.15) is 0 Å². The maximum Gasteiger partial charge on any atom is 0.230 e. The Morgan fingerprint density at radius 1 is 1.43 bits per heavy atom. The number of thiazole rings is 1. The molecule has 0 saturated heterocycles. The number of methoxy groups -OCH3 is 1. The van der Waals surface area contributed by atoms with Crippen molar-refractivity contribution < 1.29 is 14.3 Å². The van der Waals surface area contributed by atoms with E-state index in [2.05, 4.69) is 10.3 Å². The van der Waals surface area contributed by atoms with Crippen molar-refractivity contribution in [1.29, 1.82) is 0 Å². The summed E-state index contributed by atoms with van der Waals surface area (Å²) >= 11 is 7.29.